The van der Waals surface area contributed by atoms with Crippen molar-refractivity contribution in [2.24, 2.45) is 0 Å². The molecule has 0 saturated carbocycles. The van der Waals surface area contributed by atoms with Gasteiger partial charge in [-0.05, 0) is 26.2 Å². The molecule has 0 aliphatic heterocycles. The highest BCUT2D eigenvalue weighted by atomic mass is 16.3. The van der Waals surface area contributed by atoms with Crippen LogP contribution < -0.4 is 5.32 Å². The summed E-state index contributed by atoms with van der Waals surface area (Å²) < 4.78 is 0. The van der Waals surface area contributed by atoms with Crippen LogP contribution in [0.1, 0.15) is 10.4 Å². The number of phenolic OH excluding ortho intramolecular Hbond substituents is 2. The van der Waals surface area contributed by atoms with E-state index < -0.39 is 0 Å². The zero-order chi connectivity index (χ0) is 12.1. The molecule has 88 valence electrons. The van der Waals surface area contributed by atoms with Crippen molar-refractivity contribution in [1.82, 2.24) is 10.2 Å². The van der Waals surface area contributed by atoms with Crippen molar-refractivity contribution >= 4 is 5.91 Å². The summed E-state index contributed by atoms with van der Waals surface area (Å²) in [5, 5.41) is 21.1. The van der Waals surface area contributed by atoms with Crippen LogP contribution in [-0.2, 0) is 0 Å². The van der Waals surface area contributed by atoms with E-state index in [1.807, 2.05) is 19.0 Å². The first-order valence-corrected chi connectivity index (χ1v) is 4.95. The summed E-state index contributed by atoms with van der Waals surface area (Å²) in [6.45, 7) is 1.25. The van der Waals surface area contributed by atoms with Gasteiger partial charge in [0.25, 0.3) is 5.91 Å². The maximum Gasteiger partial charge on any atom is 0.251 e. The molecule has 0 fully saturated rings. The number of carbonyl (C=O) groups is 1. The summed E-state index contributed by atoms with van der Waals surface area (Å²) in [6.07, 6.45) is 0. The Labute approximate surface area is 94.3 Å². The first-order valence-electron chi connectivity index (χ1n) is 4.95. The number of likely N-dealkylation sites (N-methyl/N-ethyl adjacent to an activating group) is 1. The average Bonchev–Trinajstić information content (AvgIpc) is 2.15. The highest BCUT2D eigenvalue weighted by Crippen LogP contribution is 2.20. The monoisotopic (exact) mass is 224 g/mol. The lowest BCUT2D eigenvalue weighted by molar-refractivity contribution is 0.0950. The second kappa shape index (κ2) is 5.37. The van der Waals surface area contributed by atoms with Crippen LogP contribution in [0.15, 0.2) is 18.2 Å². The third-order valence-corrected chi connectivity index (χ3v) is 2.01. The zero-order valence-electron chi connectivity index (χ0n) is 9.40. The average molecular weight is 224 g/mol. The standard InChI is InChI=1S/C11H16N2O3/c1-13(2)4-3-12-11(16)8-5-9(14)7-10(15)6-8/h5-7,14-15H,3-4H2,1-2H3,(H,12,16). The minimum Gasteiger partial charge on any atom is -0.508 e. The Morgan fingerprint density at radius 2 is 1.81 bits per heavy atom. The molecule has 0 saturated heterocycles. The fourth-order valence-corrected chi connectivity index (χ4v) is 1.22. The number of hydrogen-bond donors (Lipinski definition) is 3. The summed E-state index contributed by atoms with van der Waals surface area (Å²) in [5.74, 6) is -0.566. The van der Waals surface area contributed by atoms with Gasteiger partial charge in [0.2, 0.25) is 0 Å². The Kier molecular flexibility index (Phi) is 4.13. The molecule has 0 bridgehead atoms. The molecule has 0 spiro atoms. The number of carbonyl (C=O) groups excluding carboxylic acids is 1. The fraction of sp³-hybridized carbons (Fsp3) is 0.364. The van der Waals surface area contributed by atoms with E-state index in [0.717, 1.165) is 6.54 Å². The van der Waals surface area contributed by atoms with Gasteiger partial charge in [-0.3, -0.25) is 4.79 Å². The first-order chi connectivity index (χ1) is 7.49. The Bertz CT molecular complexity index is 357. The van der Waals surface area contributed by atoms with E-state index in [9.17, 15) is 15.0 Å². The van der Waals surface area contributed by atoms with Crippen molar-refractivity contribution in [1.29, 1.82) is 0 Å². The minimum atomic E-state index is -0.312. The lowest BCUT2D eigenvalue weighted by atomic mass is 10.2. The molecule has 0 aliphatic carbocycles. The summed E-state index contributed by atoms with van der Waals surface area (Å²) >= 11 is 0. The maximum atomic E-state index is 11.6. The van der Waals surface area contributed by atoms with E-state index in [-0.39, 0.29) is 23.0 Å². The molecule has 1 aromatic rings. The molecule has 0 unspecified atom stereocenters. The van der Waals surface area contributed by atoms with E-state index in [1.165, 1.54) is 18.2 Å². The lowest BCUT2D eigenvalue weighted by Crippen LogP contribution is -2.31. The lowest BCUT2D eigenvalue weighted by Gasteiger charge is -2.10. The van der Waals surface area contributed by atoms with Gasteiger partial charge in [0.05, 0.1) is 0 Å². The van der Waals surface area contributed by atoms with Crippen LogP contribution in [0.3, 0.4) is 0 Å². The van der Waals surface area contributed by atoms with E-state index in [1.54, 1.807) is 0 Å². The van der Waals surface area contributed by atoms with Crippen LogP contribution in [0, 0.1) is 0 Å². The topological polar surface area (TPSA) is 72.8 Å². The summed E-state index contributed by atoms with van der Waals surface area (Å²) in [4.78, 5) is 13.5. The number of benzene rings is 1. The molecule has 0 aromatic heterocycles. The second-order valence-corrected chi connectivity index (χ2v) is 3.80. The third-order valence-electron chi connectivity index (χ3n) is 2.01. The van der Waals surface area contributed by atoms with Gasteiger partial charge in [0.1, 0.15) is 11.5 Å². The highest BCUT2D eigenvalue weighted by molar-refractivity contribution is 5.95. The smallest absolute Gasteiger partial charge is 0.251 e. The Morgan fingerprint density at radius 1 is 1.25 bits per heavy atom. The van der Waals surface area contributed by atoms with Gasteiger partial charge in [0.15, 0.2) is 0 Å². The molecular weight excluding hydrogens is 208 g/mol. The predicted molar refractivity (Wildman–Crippen MR) is 60.7 cm³/mol. The van der Waals surface area contributed by atoms with E-state index in [0.29, 0.717) is 6.54 Å². The van der Waals surface area contributed by atoms with Crippen LogP contribution in [0.25, 0.3) is 0 Å². The Morgan fingerprint density at radius 3 is 2.31 bits per heavy atom. The molecule has 0 aliphatic rings. The van der Waals surface area contributed by atoms with Gasteiger partial charge in [0, 0.05) is 24.7 Å². The van der Waals surface area contributed by atoms with E-state index in [2.05, 4.69) is 5.32 Å². The van der Waals surface area contributed by atoms with Crippen LogP contribution >= 0.6 is 0 Å². The number of hydrogen-bond acceptors (Lipinski definition) is 4. The molecule has 5 nitrogen and oxygen atoms in total. The number of phenols is 2. The van der Waals surface area contributed by atoms with Crippen LogP contribution in [-0.4, -0.2) is 48.2 Å². The number of nitrogens with one attached hydrogen (secondary N) is 1. The molecule has 1 aromatic carbocycles. The van der Waals surface area contributed by atoms with Gasteiger partial charge in [-0.1, -0.05) is 0 Å². The van der Waals surface area contributed by atoms with Gasteiger partial charge >= 0.3 is 0 Å². The molecule has 5 heteroatoms. The van der Waals surface area contributed by atoms with Gasteiger partial charge in [-0.2, -0.15) is 0 Å². The quantitative estimate of drug-likeness (QED) is 0.691. The number of rotatable bonds is 4. The second-order valence-electron chi connectivity index (χ2n) is 3.80. The van der Waals surface area contributed by atoms with Crippen molar-refractivity contribution in [2.45, 2.75) is 0 Å². The Balaban J connectivity index is 2.59. The van der Waals surface area contributed by atoms with Crippen molar-refractivity contribution in [2.75, 3.05) is 27.2 Å². The zero-order valence-corrected chi connectivity index (χ0v) is 9.40. The number of aromatic hydroxyl groups is 2. The normalized spacial score (nSPS) is 10.4. The number of amides is 1. The van der Waals surface area contributed by atoms with Gasteiger partial charge in [-0.25, -0.2) is 0 Å². The molecule has 0 radical (unpaired) electrons. The van der Waals surface area contributed by atoms with E-state index in [4.69, 9.17) is 0 Å². The third kappa shape index (κ3) is 3.78. The summed E-state index contributed by atoms with van der Waals surface area (Å²) in [7, 11) is 3.82. The van der Waals surface area contributed by atoms with Crippen LogP contribution in [0.2, 0.25) is 0 Å². The molecule has 1 rings (SSSR count). The first kappa shape index (κ1) is 12.3. The largest absolute Gasteiger partial charge is 0.508 e. The van der Waals surface area contributed by atoms with E-state index >= 15 is 0 Å². The molecular formula is C11H16N2O3. The van der Waals surface area contributed by atoms with Crippen molar-refractivity contribution in [3.8, 4) is 11.5 Å². The molecule has 1 amide bonds. The van der Waals surface area contributed by atoms with Gasteiger partial charge < -0.3 is 20.4 Å². The summed E-state index contributed by atoms with van der Waals surface area (Å²) in [6, 6.07) is 3.80. The maximum absolute atomic E-state index is 11.6. The fourth-order valence-electron chi connectivity index (χ4n) is 1.22. The van der Waals surface area contributed by atoms with Crippen LogP contribution in [0.5, 0.6) is 11.5 Å². The minimum absolute atomic E-state index is 0.127. The van der Waals surface area contributed by atoms with Crippen molar-refractivity contribution in [3.63, 3.8) is 0 Å². The molecule has 0 atom stereocenters. The molecule has 16 heavy (non-hydrogen) atoms. The van der Waals surface area contributed by atoms with Crippen molar-refractivity contribution in [3.05, 3.63) is 23.8 Å². The molecule has 0 heterocycles. The highest BCUT2D eigenvalue weighted by Gasteiger charge is 2.07. The Hall–Kier alpha value is -1.75. The van der Waals surface area contributed by atoms with Crippen LogP contribution in [0.4, 0.5) is 0 Å². The summed E-state index contributed by atoms with van der Waals surface area (Å²) in [5.41, 5.74) is 0.247. The van der Waals surface area contributed by atoms with Crippen molar-refractivity contribution < 1.29 is 15.0 Å². The van der Waals surface area contributed by atoms with Gasteiger partial charge in [-0.15, -0.1) is 0 Å². The molecule has 3 N–H and O–H groups in total. The predicted octanol–water partition coefficient (Wildman–Crippen LogP) is 0.389. The SMILES string of the molecule is CN(C)CCNC(=O)c1cc(O)cc(O)c1. The number of nitrogens with zero attached hydrogens (tertiary/aromatic N) is 1.